The second kappa shape index (κ2) is 7.00. The maximum atomic E-state index is 13.4. The average Bonchev–Trinajstić information content (AvgIpc) is 2.44. The molecule has 0 heterocycles. The number of aryl methyl sites for hydroxylation is 1. The van der Waals surface area contributed by atoms with E-state index in [9.17, 15) is 4.39 Å². The lowest BCUT2D eigenvalue weighted by atomic mass is 9.96. The Morgan fingerprint density at radius 3 is 2.55 bits per heavy atom. The summed E-state index contributed by atoms with van der Waals surface area (Å²) in [6.45, 7) is 2.18. The third-order valence-corrected chi connectivity index (χ3v) is 4.00. The van der Waals surface area contributed by atoms with E-state index in [-0.39, 0.29) is 11.9 Å². The third kappa shape index (κ3) is 3.47. The standard InChI is InChI=1S/C17H19BrFN/c1-3-5-12-6-4-7-13(10-12)17(20-2)14-8-9-16(19)15(18)11-14/h4,6-11,17,20H,3,5H2,1-2H3. The van der Waals surface area contributed by atoms with Gasteiger partial charge in [-0.05, 0) is 58.2 Å². The number of rotatable bonds is 5. The van der Waals surface area contributed by atoms with E-state index in [1.54, 1.807) is 0 Å². The molecule has 0 aliphatic heterocycles. The Morgan fingerprint density at radius 2 is 1.90 bits per heavy atom. The predicted octanol–water partition coefficient (Wildman–Crippen LogP) is 4.85. The Labute approximate surface area is 128 Å². The highest BCUT2D eigenvalue weighted by atomic mass is 79.9. The van der Waals surface area contributed by atoms with Gasteiger partial charge in [0.15, 0.2) is 0 Å². The minimum Gasteiger partial charge on any atom is -0.309 e. The van der Waals surface area contributed by atoms with Crippen molar-refractivity contribution in [3.05, 3.63) is 69.4 Å². The van der Waals surface area contributed by atoms with Gasteiger partial charge < -0.3 is 5.32 Å². The van der Waals surface area contributed by atoms with E-state index in [0.717, 1.165) is 18.4 Å². The number of nitrogens with one attached hydrogen (secondary N) is 1. The molecule has 20 heavy (non-hydrogen) atoms. The molecule has 1 unspecified atom stereocenters. The van der Waals surface area contributed by atoms with Crippen LogP contribution in [-0.4, -0.2) is 7.05 Å². The second-order valence-corrected chi connectivity index (χ2v) is 5.74. The maximum Gasteiger partial charge on any atom is 0.137 e. The number of hydrogen-bond donors (Lipinski definition) is 1. The fourth-order valence-corrected chi connectivity index (χ4v) is 2.83. The van der Waals surface area contributed by atoms with Crippen molar-refractivity contribution in [2.24, 2.45) is 0 Å². The molecule has 3 heteroatoms. The van der Waals surface area contributed by atoms with Gasteiger partial charge in [-0.2, -0.15) is 0 Å². The predicted molar refractivity (Wildman–Crippen MR) is 85.4 cm³/mol. The Kier molecular flexibility index (Phi) is 5.32. The largest absolute Gasteiger partial charge is 0.309 e. The summed E-state index contributed by atoms with van der Waals surface area (Å²) in [5, 5.41) is 3.31. The second-order valence-electron chi connectivity index (χ2n) is 4.89. The fourth-order valence-electron chi connectivity index (χ4n) is 2.43. The summed E-state index contributed by atoms with van der Waals surface area (Å²) in [4.78, 5) is 0. The molecule has 0 saturated heterocycles. The lowest BCUT2D eigenvalue weighted by Gasteiger charge is -2.18. The summed E-state index contributed by atoms with van der Waals surface area (Å²) in [5.74, 6) is -0.233. The van der Waals surface area contributed by atoms with Crippen LogP contribution in [0, 0.1) is 5.82 Å². The first-order valence-electron chi connectivity index (χ1n) is 6.86. The van der Waals surface area contributed by atoms with Gasteiger partial charge in [0.25, 0.3) is 0 Å². The lowest BCUT2D eigenvalue weighted by Crippen LogP contribution is -2.18. The van der Waals surface area contributed by atoms with Crippen molar-refractivity contribution >= 4 is 15.9 Å². The molecule has 0 aromatic heterocycles. The highest BCUT2D eigenvalue weighted by molar-refractivity contribution is 9.10. The molecule has 0 aliphatic rings. The van der Waals surface area contributed by atoms with Gasteiger partial charge in [0.2, 0.25) is 0 Å². The lowest BCUT2D eigenvalue weighted by molar-refractivity contribution is 0.616. The van der Waals surface area contributed by atoms with Gasteiger partial charge in [0.05, 0.1) is 10.5 Å². The Morgan fingerprint density at radius 1 is 1.15 bits per heavy atom. The van der Waals surface area contributed by atoms with Crippen molar-refractivity contribution in [3.8, 4) is 0 Å². The zero-order chi connectivity index (χ0) is 14.5. The molecule has 2 aromatic rings. The maximum absolute atomic E-state index is 13.4. The van der Waals surface area contributed by atoms with Crippen molar-refractivity contribution in [2.45, 2.75) is 25.8 Å². The van der Waals surface area contributed by atoms with Crippen LogP contribution in [0.4, 0.5) is 4.39 Å². The van der Waals surface area contributed by atoms with E-state index in [0.29, 0.717) is 4.47 Å². The smallest absolute Gasteiger partial charge is 0.137 e. The zero-order valence-electron chi connectivity index (χ0n) is 11.8. The van der Waals surface area contributed by atoms with Crippen LogP contribution >= 0.6 is 15.9 Å². The van der Waals surface area contributed by atoms with Gasteiger partial charge in [-0.25, -0.2) is 4.39 Å². The topological polar surface area (TPSA) is 12.0 Å². The van der Waals surface area contributed by atoms with Crippen LogP contribution in [0.1, 0.15) is 36.1 Å². The van der Waals surface area contributed by atoms with Gasteiger partial charge in [-0.1, -0.05) is 43.7 Å². The minimum atomic E-state index is -0.233. The molecule has 0 spiro atoms. The molecule has 2 rings (SSSR count). The SMILES string of the molecule is CCCc1cccc(C(NC)c2ccc(F)c(Br)c2)c1. The number of hydrogen-bond acceptors (Lipinski definition) is 1. The van der Waals surface area contributed by atoms with Crippen LogP contribution in [0.2, 0.25) is 0 Å². The van der Waals surface area contributed by atoms with Crippen LogP contribution in [0.3, 0.4) is 0 Å². The molecule has 0 saturated carbocycles. The summed E-state index contributed by atoms with van der Waals surface area (Å²) < 4.78 is 13.9. The monoisotopic (exact) mass is 335 g/mol. The fraction of sp³-hybridized carbons (Fsp3) is 0.294. The number of benzene rings is 2. The summed E-state index contributed by atoms with van der Waals surface area (Å²) in [7, 11) is 1.93. The summed E-state index contributed by atoms with van der Waals surface area (Å²) >= 11 is 3.25. The molecular formula is C17H19BrFN. The molecule has 0 radical (unpaired) electrons. The van der Waals surface area contributed by atoms with E-state index in [1.165, 1.54) is 17.2 Å². The van der Waals surface area contributed by atoms with Gasteiger partial charge in [-0.3, -0.25) is 0 Å². The molecule has 1 N–H and O–H groups in total. The molecule has 0 amide bonds. The van der Waals surface area contributed by atoms with Crippen LogP contribution in [0.25, 0.3) is 0 Å². The average molecular weight is 336 g/mol. The summed E-state index contributed by atoms with van der Waals surface area (Å²) in [6.07, 6.45) is 2.22. The van der Waals surface area contributed by atoms with Crippen molar-refractivity contribution < 1.29 is 4.39 Å². The molecule has 1 atom stereocenters. The third-order valence-electron chi connectivity index (χ3n) is 3.39. The van der Waals surface area contributed by atoms with E-state index >= 15 is 0 Å². The molecule has 0 bridgehead atoms. The van der Waals surface area contributed by atoms with Crippen molar-refractivity contribution in [1.29, 1.82) is 0 Å². The molecule has 2 aromatic carbocycles. The van der Waals surface area contributed by atoms with Crippen molar-refractivity contribution in [2.75, 3.05) is 7.05 Å². The Balaban J connectivity index is 2.36. The Bertz CT molecular complexity index is 583. The van der Waals surface area contributed by atoms with Gasteiger partial charge in [0, 0.05) is 0 Å². The van der Waals surface area contributed by atoms with E-state index < -0.39 is 0 Å². The zero-order valence-corrected chi connectivity index (χ0v) is 13.4. The van der Waals surface area contributed by atoms with Gasteiger partial charge in [-0.15, -0.1) is 0 Å². The summed E-state index contributed by atoms with van der Waals surface area (Å²) in [6, 6.07) is 13.8. The molecule has 1 nitrogen and oxygen atoms in total. The normalized spacial score (nSPS) is 12.4. The first kappa shape index (κ1) is 15.2. The highest BCUT2D eigenvalue weighted by Gasteiger charge is 2.13. The van der Waals surface area contributed by atoms with E-state index in [2.05, 4.69) is 52.4 Å². The van der Waals surface area contributed by atoms with Crippen LogP contribution < -0.4 is 5.32 Å². The summed E-state index contributed by atoms with van der Waals surface area (Å²) in [5.41, 5.74) is 3.60. The van der Waals surface area contributed by atoms with Gasteiger partial charge >= 0.3 is 0 Å². The Hall–Kier alpha value is -1.19. The van der Waals surface area contributed by atoms with E-state index in [4.69, 9.17) is 0 Å². The molecule has 0 aliphatic carbocycles. The van der Waals surface area contributed by atoms with Crippen LogP contribution in [-0.2, 0) is 6.42 Å². The highest BCUT2D eigenvalue weighted by Crippen LogP contribution is 2.26. The first-order chi connectivity index (χ1) is 9.65. The van der Waals surface area contributed by atoms with Crippen LogP contribution in [0.5, 0.6) is 0 Å². The molecule has 0 fully saturated rings. The first-order valence-corrected chi connectivity index (χ1v) is 7.66. The minimum absolute atomic E-state index is 0.0729. The van der Waals surface area contributed by atoms with E-state index in [1.807, 2.05) is 19.2 Å². The molecule has 106 valence electrons. The van der Waals surface area contributed by atoms with Crippen molar-refractivity contribution in [1.82, 2.24) is 5.32 Å². The number of halogens is 2. The quantitative estimate of drug-likeness (QED) is 0.823. The van der Waals surface area contributed by atoms with Crippen molar-refractivity contribution in [3.63, 3.8) is 0 Å². The molecular weight excluding hydrogens is 317 g/mol. The van der Waals surface area contributed by atoms with Gasteiger partial charge in [0.1, 0.15) is 5.82 Å². The van der Waals surface area contributed by atoms with Crippen LogP contribution in [0.15, 0.2) is 46.9 Å².